The second-order valence-electron chi connectivity index (χ2n) is 5.69. The number of rotatable bonds is 6. The topological polar surface area (TPSA) is 33.7 Å². The van der Waals surface area contributed by atoms with Crippen LogP contribution in [-0.2, 0) is 0 Å². The van der Waals surface area contributed by atoms with Crippen molar-refractivity contribution in [2.24, 2.45) is 11.8 Å². The van der Waals surface area contributed by atoms with E-state index < -0.39 is 0 Å². The summed E-state index contributed by atoms with van der Waals surface area (Å²) in [6.07, 6.45) is 0. The highest BCUT2D eigenvalue weighted by molar-refractivity contribution is 5.31. The van der Waals surface area contributed by atoms with Gasteiger partial charge in [-0.25, -0.2) is 0 Å². The third-order valence-electron chi connectivity index (χ3n) is 4.28. The van der Waals surface area contributed by atoms with E-state index in [9.17, 15) is 0 Å². The van der Waals surface area contributed by atoms with Gasteiger partial charge in [0.25, 0.3) is 0 Å². The van der Waals surface area contributed by atoms with Crippen LogP contribution in [0.15, 0.2) is 24.3 Å². The average molecular weight is 276 g/mol. The second-order valence-corrected chi connectivity index (χ2v) is 5.69. The molecule has 0 unspecified atom stereocenters. The first-order chi connectivity index (χ1) is 9.85. The highest BCUT2D eigenvalue weighted by Gasteiger charge is 2.35. The van der Waals surface area contributed by atoms with Gasteiger partial charge in [-0.3, -0.25) is 4.90 Å². The molecule has 1 N–H and O–H groups in total. The van der Waals surface area contributed by atoms with E-state index in [2.05, 4.69) is 10.2 Å². The highest BCUT2D eigenvalue weighted by Crippen LogP contribution is 2.26. The molecule has 1 aromatic rings. The summed E-state index contributed by atoms with van der Waals surface area (Å²) in [5.41, 5.74) is 0. The molecule has 2 heterocycles. The van der Waals surface area contributed by atoms with Crippen LogP contribution in [0.4, 0.5) is 0 Å². The molecule has 0 aliphatic carbocycles. The molecule has 110 valence electrons. The molecule has 2 fully saturated rings. The smallest absolute Gasteiger partial charge is 0.119 e. The fourth-order valence-electron chi connectivity index (χ4n) is 3.23. The Morgan fingerprint density at radius 1 is 1.05 bits per heavy atom. The number of hydrogen-bond donors (Lipinski definition) is 1. The van der Waals surface area contributed by atoms with Gasteiger partial charge in [-0.2, -0.15) is 0 Å². The Morgan fingerprint density at radius 2 is 1.65 bits per heavy atom. The van der Waals surface area contributed by atoms with Crippen molar-refractivity contribution in [2.45, 2.75) is 6.92 Å². The molecule has 4 heteroatoms. The van der Waals surface area contributed by atoms with Gasteiger partial charge in [0.15, 0.2) is 0 Å². The van der Waals surface area contributed by atoms with Crippen LogP contribution in [0.3, 0.4) is 0 Å². The molecule has 2 aliphatic heterocycles. The maximum atomic E-state index is 5.81. The van der Waals surface area contributed by atoms with Gasteiger partial charge in [0.05, 0.1) is 6.61 Å². The standard InChI is InChI=1S/C16H24N2O2/c1-2-19-15-3-5-16(6-4-15)20-8-7-18-11-13-9-17-10-14(13)12-18/h3-6,13-14,17H,2,7-12H2,1H3/t13-,14+. The van der Waals surface area contributed by atoms with E-state index in [0.717, 1.165) is 36.5 Å². The van der Waals surface area contributed by atoms with E-state index in [1.54, 1.807) is 0 Å². The van der Waals surface area contributed by atoms with Crippen molar-refractivity contribution in [3.63, 3.8) is 0 Å². The normalized spacial score (nSPS) is 25.6. The molecule has 2 saturated heterocycles. The Kier molecular flexibility index (Phi) is 4.43. The third-order valence-corrected chi connectivity index (χ3v) is 4.28. The molecule has 0 radical (unpaired) electrons. The Balaban J connectivity index is 1.39. The first-order valence-electron chi connectivity index (χ1n) is 7.64. The number of fused-ring (bicyclic) bond motifs is 1. The fraction of sp³-hybridized carbons (Fsp3) is 0.625. The van der Waals surface area contributed by atoms with Crippen LogP contribution in [0.25, 0.3) is 0 Å². The van der Waals surface area contributed by atoms with E-state index >= 15 is 0 Å². The van der Waals surface area contributed by atoms with E-state index in [-0.39, 0.29) is 0 Å². The molecule has 0 aromatic heterocycles. The van der Waals surface area contributed by atoms with Gasteiger partial charge in [0, 0.05) is 19.6 Å². The SMILES string of the molecule is CCOc1ccc(OCCN2C[C@H]3CNC[C@H]3C2)cc1. The number of benzene rings is 1. The van der Waals surface area contributed by atoms with E-state index in [4.69, 9.17) is 9.47 Å². The lowest BCUT2D eigenvalue weighted by Gasteiger charge is -2.17. The lowest BCUT2D eigenvalue weighted by molar-refractivity contribution is 0.228. The van der Waals surface area contributed by atoms with E-state index in [0.29, 0.717) is 6.61 Å². The largest absolute Gasteiger partial charge is 0.494 e. The maximum absolute atomic E-state index is 5.81. The molecule has 4 nitrogen and oxygen atoms in total. The summed E-state index contributed by atoms with van der Waals surface area (Å²) < 4.78 is 11.2. The molecule has 0 amide bonds. The van der Waals surface area contributed by atoms with Crippen LogP contribution in [-0.4, -0.2) is 50.8 Å². The van der Waals surface area contributed by atoms with E-state index in [1.165, 1.54) is 26.2 Å². The third kappa shape index (κ3) is 3.25. The lowest BCUT2D eigenvalue weighted by atomic mass is 10.0. The van der Waals surface area contributed by atoms with Crippen LogP contribution in [0.2, 0.25) is 0 Å². The molecule has 3 rings (SSSR count). The summed E-state index contributed by atoms with van der Waals surface area (Å²) in [7, 11) is 0. The first-order valence-corrected chi connectivity index (χ1v) is 7.64. The fourth-order valence-corrected chi connectivity index (χ4v) is 3.23. The first kappa shape index (κ1) is 13.7. The Hall–Kier alpha value is -1.26. The van der Waals surface area contributed by atoms with Gasteiger partial charge >= 0.3 is 0 Å². The average Bonchev–Trinajstić information content (AvgIpc) is 3.02. The maximum Gasteiger partial charge on any atom is 0.119 e. The molecular formula is C16H24N2O2. The highest BCUT2D eigenvalue weighted by atomic mass is 16.5. The molecule has 2 aliphatic rings. The second kappa shape index (κ2) is 6.46. The van der Waals surface area contributed by atoms with Crippen LogP contribution < -0.4 is 14.8 Å². The zero-order chi connectivity index (χ0) is 13.8. The molecule has 0 bridgehead atoms. The van der Waals surface area contributed by atoms with Crippen LogP contribution in [0, 0.1) is 11.8 Å². The minimum absolute atomic E-state index is 0.701. The monoisotopic (exact) mass is 276 g/mol. The predicted molar refractivity (Wildman–Crippen MR) is 79.4 cm³/mol. The van der Waals surface area contributed by atoms with Crippen molar-refractivity contribution in [1.29, 1.82) is 0 Å². The summed E-state index contributed by atoms with van der Waals surface area (Å²) in [5, 5.41) is 3.47. The quantitative estimate of drug-likeness (QED) is 0.856. The molecule has 1 aromatic carbocycles. The Bertz CT molecular complexity index is 409. The van der Waals surface area contributed by atoms with Crippen molar-refractivity contribution in [3.8, 4) is 11.5 Å². The van der Waals surface area contributed by atoms with Gasteiger partial charge in [0.2, 0.25) is 0 Å². The number of ether oxygens (including phenoxy) is 2. The summed E-state index contributed by atoms with van der Waals surface area (Å²) in [4.78, 5) is 2.53. The zero-order valence-electron chi connectivity index (χ0n) is 12.2. The lowest BCUT2D eigenvalue weighted by Crippen LogP contribution is -2.29. The summed E-state index contributed by atoms with van der Waals surface area (Å²) in [6, 6.07) is 7.89. The summed E-state index contributed by atoms with van der Waals surface area (Å²) in [6.45, 7) is 9.33. The van der Waals surface area contributed by atoms with Gasteiger partial charge in [-0.05, 0) is 56.1 Å². The predicted octanol–water partition coefficient (Wildman–Crippen LogP) is 1.62. The zero-order valence-corrected chi connectivity index (χ0v) is 12.2. The molecular weight excluding hydrogens is 252 g/mol. The van der Waals surface area contributed by atoms with Crippen LogP contribution >= 0.6 is 0 Å². The number of nitrogens with one attached hydrogen (secondary N) is 1. The summed E-state index contributed by atoms with van der Waals surface area (Å²) >= 11 is 0. The minimum Gasteiger partial charge on any atom is -0.494 e. The van der Waals surface area contributed by atoms with E-state index in [1.807, 2.05) is 31.2 Å². The molecule has 2 atom stereocenters. The van der Waals surface area contributed by atoms with Crippen LogP contribution in [0.5, 0.6) is 11.5 Å². The van der Waals surface area contributed by atoms with Crippen molar-refractivity contribution >= 4 is 0 Å². The van der Waals surface area contributed by atoms with Crippen molar-refractivity contribution in [3.05, 3.63) is 24.3 Å². The van der Waals surface area contributed by atoms with Gasteiger partial charge in [-0.15, -0.1) is 0 Å². The van der Waals surface area contributed by atoms with Crippen molar-refractivity contribution < 1.29 is 9.47 Å². The summed E-state index contributed by atoms with van der Waals surface area (Å²) in [5.74, 6) is 3.55. The van der Waals surface area contributed by atoms with Crippen LogP contribution in [0.1, 0.15) is 6.92 Å². The number of hydrogen-bond acceptors (Lipinski definition) is 4. The molecule has 20 heavy (non-hydrogen) atoms. The molecule has 0 spiro atoms. The molecule has 0 saturated carbocycles. The van der Waals surface area contributed by atoms with Crippen molar-refractivity contribution in [2.75, 3.05) is 45.9 Å². The van der Waals surface area contributed by atoms with Gasteiger partial charge < -0.3 is 14.8 Å². The number of likely N-dealkylation sites (tertiary alicyclic amines) is 1. The number of nitrogens with zero attached hydrogens (tertiary/aromatic N) is 1. The minimum atomic E-state index is 0.701. The van der Waals surface area contributed by atoms with Crippen molar-refractivity contribution in [1.82, 2.24) is 10.2 Å². The Morgan fingerprint density at radius 3 is 2.25 bits per heavy atom. The van der Waals surface area contributed by atoms with Gasteiger partial charge in [0.1, 0.15) is 18.1 Å². The van der Waals surface area contributed by atoms with Gasteiger partial charge in [-0.1, -0.05) is 0 Å². The Labute approximate surface area is 121 Å².